The molecule has 2 aromatic carbocycles. The number of hydrogen-bond donors (Lipinski definition) is 0. The number of hydrogen-bond acceptors (Lipinski definition) is 1. The van der Waals surface area contributed by atoms with Crippen molar-refractivity contribution in [2.24, 2.45) is 0 Å². The third-order valence-electron chi connectivity index (χ3n) is 3.35. The Morgan fingerprint density at radius 3 is 2.40 bits per heavy atom. The smallest absolute Gasteiger partial charge is 0.0435 e. The first-order chi connectivity index (χ1) is 9.72. The van der Waals surface area contributed by atoms with Crippen LogP contribution in [0.15, 0.2) is 65.4 Å². The van der Waals surface area contributed by atoms with Crippen LogP contribution in [-0.4, -0.2) is 4.98 Å². The normalized spacial score (nSPS) is 12.5. The van der Waals surface area contributed by atoms with Crippen molar-refractivity contribution in [1.29, 1.82) is 0 Å². The second kappa shape index (κ2) is 6.06. The van der Waals surface area contributed by atoms with Crippen LogP contribution >= 0.6 is 31.9 Å². The Kier molecular flexibility index (Phi) is 4.18. The Morgan fingerprint density at radius 1 is 0.900 bits per heavy atom. The summed E-state index contributed by atoms with van der Waals surface area (Å²) in [5, 5.41) is 2.52. The maximum Gasteiger partial charge on any atom is 0.0435 e. The molecule has 0 spiro atoms. The van der Waals surface area contributed by atoms with Crippen molar-refractivity contribution < 1.29 is 0 Å². The Hall–Kier alpha value is -1.19. The zero-order valence-electron chi connectivity index (χ0n) is 10.8. The molecule has 0 aliphatic heterocycles. The van der Waals surface area contributed by atoms with Gasteiger partial charge in [-0.15, -0.1) is 0 Å². The van der Waals surface area contributed by atoms with Crippen LogP contribution in [-0.2, 0) is 6.42 Å². The monoisotopic (exact) mass is 389 g/mol. The van der Waals surface area contributed by atoms with Gasteiger partial charge in [0, 0.05) is 21.7 Å². The summed E-state index contributed by atoms with van der Waals surface area (Å²) in [6.07, 6.45) is 4.64. The van der Waals surface area contributed by atoms with Gasteiger partial charge in [0.2, 0.25) is 0 Å². The molecule has 0 bridgehead atoms. The molecule has 1 atom stereocenters. The number of benzene rings is 2. The molecule has 3 heteroatoms. The van der Waals surface area contributed by atoms with Crippen molar-refractivity contribution in [3.8, 4) is 0 Å². The highest BCUT2D eigenvalue weighted by atomic mass is 79.9. The van der Waals surface area contributed by atoms with E-state index in [1.165, 1.54) is 21.9 Å². The van der Waals surface area contributed by atoms with Crippen LogP contribution in [0.25, 0.3) is 10.8 Å². The molecule has 0 saturated heterocycles. The second-order valence-corrected chi connectivity index (χ2v) is 6.80. The highest BCUT2D eigenvalue weighted by Gasteiger charge is 2.09. The summed E-state index contributed by atoms with van der Waals surface area (Å²) < 4.78 is 1.12. The highest BCUT2D eigenvalue weighted by molar-refractivity contribution is 9.10. The quantitative estimate of drug-likeness (QED) is 0.524. The third-order valence-corrected chi connectivity index (χ3v) is 4.70. The van der Waals surface area contributed by atoms with Gasteiger partial charge in [-0.05, 0) is 52.6 Å². The summed E-state index contributed by atoms with van der Waals surface area (Å²) in [5.41, 5.74) is 2.59. The van der Waals surface area contributed by atoms with Gasteiger partial charge in [-0.2, -0.15) is 0 Å². The Morgan fingerprint density at radius 2 is 1.60 bits per heavy atom. The zero-order valence-corrected chi connectivity index (χ0v) is 13.9. The highest BCUT2D eigenvalue weighted by Crippen LogP contribution is 2.30. The van der Waals surface area contributed by atoms with E-state index in [4.69, 9.17) is 0 Å². The Labute approximate surface area is 135 Å². The summed E-state index contributed by atoms with van der Waals surface area (Å²) >= 11 is 7.30. The van der Waals surface area contributed by atoms with Gasteiger partial charge in [0.25, 0.3) is 0 Å². The fourth-order valence-corrected chi connectivity index (χ4v) is 3.31. The molecule has 0 aliphatic rings. The van der Waals surface area contributed by atoms with E-state index in [9.17, 15) is 0 Å². The van der Waals surface area contributed by atoms with Crippen LogP contribution in [0.2, 0.25) is 0 Å². The first-order valence-corrected chi connectivity index (χ1v) is 8.15. The second-order valence-electron chi connectivity index (χ2n) is 4.78. The number of nitrogens with zero attached hydrogens (tertiary/aromatic N) is 1. The van der Waals surface area contributed by atoms with Crippen LogP contribution < -0.4 is 0 Å². The summed E-state index contributed by atoms with van der Waals surface area (Å²) in [7, 11) is 0. The molecule has 20 heavy (non-hydrogen) atoms. The Balaban J connectivity index is 1.88. The molecule has 0 aliphatic carbocycles. The minimum absolute atomic E-state index is 0.318. The van der Waals surface area contributed by atoms with Crippen LogP contribution in [0.4, 0.5) is 0 Å². The molecular formula is C17H13Br2N. The van der Waals surface area contributed by atoms with Crippen molar-refractivity contribution in [2.75, 3.05) is 0 Å². The van der Waals surface area contributed by atoms with E-state index in [1.807, 2.05) is 12.4 Å². The van der Waals surface area contributed by atoms with Crippen molar-refractivity contribution in [3.05, 3.63) is 76.5 Å². The molecule has 1 unspecified atom stereocenters. The zero-order chi connectivity index (χ0) is 13.9. The maximum absolute atomic E-state index is 4.05. The van der Waals surface area contributed by atoms with Gasteiger partial charge < -0.3 is 0 Å². The van der Waals surface area contributed by atoms with Crippen molar-refractivity contribution in [1.82, 2.24) is 4.98 Å². The van der Waals surface area contributed by atoms with Crippen LogP contribution in [0.5, 0.6) is 0 Å². The first-order valence-electron chi connectivity index (χ1n) is 6.44. The number of halogens is 2. The van der Waals surface area contributed by atoms with Crippen LogP contribution in [0.1, 0.15) is 16.0 Å². The molecule has 0 radical (unpaired) electrons. The molecule has 0 N–H and O–H groups in total. The number of aromatic nitrogens is 1. The van der Waals surface area contributed by atoms with Crippen LogP contribution in [0, 0.1) is 0 Å². The molecule has 0 fully saturated rings. The molecule has 0 saturated carbocycles. The van der Waals surface area contributed by atoms with E-state index >= 15 is 0 Å². The predicted octanol–water partition coefficient (Wildman–Crippen LogP) is 5.68. The molecule has 1 heterocycles. The molecule has 1 aromatic heterocycles. The van der Waals surface area contributed by atoms with E-state index in [1.54, 1.807) is 0 Å². The third kappa shape index (κ3) is 3.10. The summed E-state index contributed by atoms with van der Waals surface area (Å²) in [5.74, 6) is 0. The van der Waals surface area contributed by atoms with Crippen molar-refractivity contribution in [2.45, 2.75) is 11.2 Å². The molecule has 0 amide bonds. The number of rotatable bonds is 3. The summed E-state index contributed by atoms with van der Waals surface area (Å²) in [4.78, 5) is 4.37. The SMILES string of the molecule is Brc1ccc2cc(C(Br)Cc3ccncc3)ccc2c1. The first kappa shape index (κ1) is 13.8. The van der Waals surface area contributed by atoms with Gasteiger partial charge in [0.05, 0.1) is 0 Å². The lowest BCUT2D eigenvalue weighted by Crippen LogP contribution is -1.95. The molecule has 3 aromatic rings. The standard InChI is InChI=1S/C17H13Br2N/c18-16-4-3-13-10-15(2-1-14(13)11-16)17(19)9-12-5-7-20-8-6-12/h1-8,10-11,17H,9H2. The maximum atomic E-state index is 4.05. The largest absolute Gasteiger partial charge is 0.265 e. The van der Waals surface area contributed by atoms with Gasteiger partial charge in [0.15, 0.2) is 0 Å². The summed E-state index contributed by atoms with van der Waals surface area (Å²) in [6.45, 7) is 0. The minimum Gasteiger partial charge on any atom is -0.265 e. The average molecular weight is 391 g/mol. The van der Waals surface area contributed by atoms with Gasteiger partial charge >= 0.3 is 0 Å². The fraction of sp³-hybridized carbons (Fsp3) is 0.118. The molecule has 1 nitrogen and oxygen atoms in total. The summed E-state index contributed by atoms with van der Waals surface area (Å²) in [6, 6.07) is 17.1. The predicted molar refractivity (Wildman–Crippen MR) is 91.3 cm³/mol. The molecule has 3 rings (SSSR count). The van der Waals surface area contributed by atoms with Gasteiger partial charge in [0.1, 0.15) is 0 Å². The van der Waals surface area contributed by atoms with E-state index in [-0.39, 0.29) is 0 Å². The number of pyridine rings is 1. The lowest BCUT2D eigenvalue weighted by Gasteiger charge is -2.11. The minimum atomic E-state index is 0.318. The lowest BCUT2D eigenvalue weighted by atomic mass is 10.0. The van der Waals surface area contributed by atoms with Gasteiger partial charge in [-0.3, -0.25) is 4.98 Å². The van der Waals surface area contributed by atoms with E-state index in [2.05, 4.69) is 85.4 Å². The Bertz CT molecular complexity index is 725. The van der Waals surface area contributed by atoms with Crippen molar-refractivity contribution in [3.63, 3.8) is 0 Å². The average Bonchev–Trinajstić information content (AvgIpc) is 2.47. The molecule has 100 valence electrons. The lowest BCUT2D eigenvalue weighted by molar-refractivity contribution is 0.946. The number of alkyl halides is 1. The van der Waals surface area contributed by atoms with Gasteiger partial charge in [-0.25, -0.2) is 0 Å². The van der Waals surface area contributed by atoms with E-state index in [0.717, 1.165) is 10.9 Å². The topological polar surface area (TPSA) is 12.9 Å². The van der Waals surface area contributed by atoms with Crippen LogP contribution in [0.3, 0.4) is 0 Å². The van der Waals surface area contributed by atoms with E-state index in [0.29, 0.717) is 4.83 Å². The molecular weight excluding hydrogens is 378 g/mol. The van der Waals surface area contributed by atoms with Gasteiger partial charge in [-0.1, -0.05) is 56.1 Å². The van der Waals surface area contributed by atoms with E-state index < -0.39 is 0 Å². The van der Waals surface area contributed by atoms with Crippen molar-refractivity contribution >= 4 is 42.6 Å². The number of fused-ring (bicyclic) bond motifs is 1. The fourth-order valence-electron chi connectivity index (χ4n) is 2.27.